The molecule has 3 heteroatoms. The number of rotatable bonds is 0. The second kappa shape index (κ2) is 2.53. The average molecular weight is 128 g/mol. The Labute approximate surface area is 60.9 Å². The van der Waals surface area contributed by atoms with Crippen molar-refractivity contribution >= 4 is 13.3 Å². The number of aromatic nitrogens is 1. The van der Waals surface area contributed by atoms with Crippen molar-refractivity contribution < 1.29 is 0 Å². The van der Waals surface area contributed by atoms with Gasteiger partial charge in [-0.1, -0.05) is 5.46 Å². The van der Waals surface area contributed by atoms with E-state index in [0.29, 0.717) is 11.0 Å². The highest BCUT2D eigenvalue weighted by Gasteiger charge is 1.95. The molecule has 1 rings (SSSR count). The Balaban J connectivity index is 3.25. The molecule has 1 aromatic rings. The maximum atomic E-state index is 8.50. The predicted octanol–water partition coefficient (Wildman–Crippen LogP) is 0.0555. The van der Waals surface area contributed by atoms with Gasteiger partial charge in [0.15, 0.2) is 0 Å². The van der Waals surface area contributed by atoms with Crippen LogP contribution in [0.15, 0.2) is 12.3 Å². The van der Waals surface area contributed by atoms with Gasteiger partial charge in [0.05, 0.1) is 11.3 Å². The van der Waals surface area contributed by atoms with Crippen LogP contribution in [0.1, 0.15) is 11.3 Å². The minimum atomic E-state index is 0.530. The van der Waals surface area contributed by atoms with Gasteiger partial charge in [0.25, 0.3) is 0 Å². The Kier molecular flexibility index (Phi) is 1.72. The van der Waals surface area contributed by atoms with Crippen LogP contribution in [-0.4, -0.2) is 12.8 Å². The maximum absolute atomic E-state index is 8.50. The van der Waals surface area contributed by atoms with Crippen LogP contribution in [-0.2, 0) is 0 Å². The Morgan fingerprint density at radius 3 is 2.90 bits per heavy atom. The number of pyridine rings is 1. The van der Waals surface area contributed by atoms with Gasteiger partial charge in [-0.05, 0) is 13.0 Å². The van der Waals surface area contributed by atoms with Gasteiger partial charge in [-0.15, -0.1) is 0 Å². The van der Waals surface area contributed by atoms with E-state index in [4.69, 9.17) is 13.1 Å². The molecule has 0 aliphatic rings. The first-order valence-electron chi connectivity index (χ1n) is 2.86. The molecule has 0 atom stereocenters. The number of aryl methyl sites for hydroxylation is 1. The second-order valence-corrected chi connectivity index (χ2v) is 2.01. The third-order valence-corrected chi connectivity index (χ3v) is 1.23. The molecular formula is C7H5BN2. The first kappa shape index (κ1) is 6.82. The first-order chi connectivity index (χ1) is 4.74. The molecule has 0 N–H and O–H groups in total. The van der Waals surface area contributed by atoms with Crippen molar-refractivity contribution in [2.45, 2.75) is 6.92 Å². The Morgan fingerprint density at radius 1 is 1.70 bits per heavy atom. The van der Waals surface area contributed by atoms with Crippen LogP contribution in [0.5, 0.6) is 0 Å². The highest BCUT2D eigenvalue weighted by Crippen LogP contribution is 1.97. The third kappa shape index (κ3) is 1.16. The minimum absolute atomic E-state index is 0.530. The number of hydrogen-bond acceptors (Lipinski definition) is 2. The zero-order valence-corrected chi connectivity index (χ0v) is 5.63. The van der Waals surface area contributed by atoms with Gasteiger partial charge in [-0.25, -0.2) is 0 Å². The van der Waals surface area contributed by atoms with E-state index >= 15 is 0 Å². The molecule has 0 aliphatic carbocycles. The number of nitriles is 1. The van der Waals surface area contributed by atoms with Gasteiger partial charge in [-0.3, -0.25) is 4.98 Å². The molecule has 10 heavy (non-hydrogen) atoms. The lowest BCUT2D eigenvalue weighted by molar-refractivity contribution is 1.19. The van der Waals surface area contributed by atoms with E-state index in [1.807, 2.05) is 6.07 Å². The van der Waals surface area contributed by atoms with E-state index in [0.717, 1.165) is 5.69 Å². The summed E-state index contributed by atoms with van der Waals surface area (Å²) >= 11 is 0. The fourth-order valence-corrected chi connectivity index (χ4v) is 0.662. The lowest BCUT2D eigenvalue weighted by Gasteiger charge is -1.95. The molecule has 1 aromatic heterocycles. The molecular weight excluding hydrogens is 123 g/mol. The molecule has 2 nitrogen and oxygen atoms in total. The van der Waals surface area contributed by atoms with Crippen LogP contribution in [0, 0.1) is 18.3 Å². The molecule has 0 aliphatic heterocycles. The minimum Gasteiger partial charge on any atom is -0.261 e. The topological polar surface area (TPSA) is 36.7 Å². The van der Waals surface area contributed by atoms with E-state index in [-0.39, 0.29) is 0 Å². The van der Waals surface area contributed by atoms with E-state index in [9.17, 15) is 0 Å². The highest BCUT2D eigenvalue weighted by molar-refractivity contribution is 6.32. The largest absolute Gasteiger partial charge is 0.261 e. The van der Waals surface area contributed by atoms with Gasteiger partial charge in [0, 0.05) is 6.20 Å². The zero-order valence-electron chi connectivity index (χ0n) is 5.63. The molecule has 0 unspecified atom stereocenters. The van der Waals surface area contributed by atoms with Crippen LogP contribution in [0.4, 0.5) is 0 Å². The van der Waals surface area contributed by atoms with Crippen LogP contribution in [0.25, 0.3) is 0 Å². The summed E-state index contributed by atoms with van der Waals surface area (Å²) in [5, 5.41) is 8.50. The molecule has 46 valence electrons. The molecule has 0 aromatic carbocycles. The summed E-state index contributed by atoms with van der Waals surface area (Å²) in [5.41, 5.74) is 1.79. The van der Waals surface area contributed by atoms with Crippen molar-refractivity contribution in [3.63, 3.8) is 0 Å². The number of nitrogens with zero attached hydrogens (tertiary/aromatic N) is 2. The Morgan fingerprint density at radius 2 is 2.40 bits per heavy atom. The molecule has 0 amide bonds. The summed E-state index contributed by atoms with van der Waals surface area (Å²) in [7, 11) is 5.39. The van der Waals surface area contributed by atoms with Crippen molar-refractivity contribution in [3.8, 4) is 6.07 Å². The van der Waals surface area contributed by atoms with Crippen LogP contribution in [0.2, 0.25) is 0 Å². The zero-order chi connectivity index (χ0) is 7.56. The van der Waals surface area contributed by atoms with Crippen molar-refractivity contribution in [3.05, 3.63) is 23.5 Å². The lowest BCUT2D eigenvalue weighted by atomic mass is 9.96. The van der Waals surface area contributed by atoms with Crippen molar-refractivity contribution in [2.75, 3.05) is 0 Å². The van der Waals surface area contributed by atoms with E-state index in [1.165, 1.54) is 6.20 Å². The Hall–Kier alpha value is -1.30. The van der Waals surface area contributed by atoms with Crippen LogP contribution < -0.4 is 5.46 Å². The summed E-state index contributed by atoms with van der Waals surface area (Å²) in [6.07, 6.45) is 1.54. The predicted molar refractivity (Wildman–Crippen MR) is 39.1 cm³/mol. The van der Waals surface area contributed by atoms with Gasteiger partial charge in [0.2, 0.25) is 0 Å². The van der Waals surface area contributed by atoms with Gasteiger partial charge >= 0.3 is 0 Å². The first-order valence-corrected chi connectivity index (χ1v) is 2.86. The van der Waals surface area contributed by atoms with E-state index in [2.05, 4.69) is 4.98 Å². The summed E-state index contributed by atoms with van der Waals surface area (Å²) in [5.74, 6) is 0. The molecule has 0 saturated heterocycles. The van der Waals surface area contributed by atoms with Crippen LogP contribution in [0.3, 0.4) is 0 Å². The quantitative estimate of drug-likeness (QED) is 0.463. The second-order valence-electron chi connectivity index (χ2n) is 2.01. The van der Waals surface area contributed by atoms with Crippen molar-refractivity contribution in [1.29, 1.82) is 5.26 Å². The summed E-state index contributed by atoms with van der Waals surface area (Å²) in [4.78, 5) is 3.90. The molecule has 1 heterocycles. The number of hydrogen-bond donors (Lipinski definition) is 0. The lowest BCUT2D eigenvalue weighted by Crippen LogP contribution is -2.05. The average Bonchev–Trinajstić information content (AvgIpc) is 1.94. The molecule has 2 radical (unpaired) electrons. The molecule has 0 fully saturated rings. The summed E-state index contributed by atoms with van der Waals surface area (Å²) in [6.45, 7) is 1.78. The smallest absolute Gasteiger partial charge is 0.116 e. The fourth-order valence-electron chi connectivity index (χ4n) is 0.662. The van der Waals surface area contributed by atoms with Crippen molar-refractivity contribution in [1.82, 2.24) is 4.98 Å². The van der Waals surface area contributed by atoms with Crippen molar-refractivity contribution in [2.24, 2.45) is 0 Å². The fraction of sp³-hybridized carbons (Fsp3) is 0.143. The standard InChI is InChI=1S/C7H5BN2/c1-5-6(3-9)2-7(8)4-10-5/h2,4H,1H3. The normalized spacial score (nSPS) is 8.80. The molecule has 0 bridgehead atoms. The third-order valence-electron chi connectivity index (χ3n) is 1.23. The SMILES string of the molecule is [B]c1cnc(C)c(C#N)c1. The van der Waals surface area contributed by atoms with Gasteiger partial charge < -0.3 is 0 Å². The van der Waals surface area contributed by atoms with E-state index < -0.39 is 0 Å². The van der Waals surface area contributed by atoms with Crippen LogP contribution >= 0.6 is 0 Å². The summed E-state index contributed by atoms with van der Waals surface area (Å²) < 4.78 is 0. The van der Waals surface area contributed by atoms with Gasteiger partial charge in [-0.2, -0.15) is 5.26 Å². The molecule has 0 spiro atoms. The maximum Gasteiger partial charge on any atom is 0.116 e. The van der Waals surface area contributed by atoms with Gasteiger partial charge in [0.1, 0.15) is 13.9 Å². The Bertz CT molecular complexity index is 288. The highest BCUT2D eigenvalue weighted by atomic mass is 14.7. The molecule has 0 saturated carbocycles. The van der Waals surface area contributed by atoms with E-state index in [1.54, 1.807) is 13.0 Å². The monoisotopic (exact) mass is 128 g/mol. The summed E-state index contributed by atoms with van der Waals surface area (Å²) in [6, 6.07) is 3.61.